The summed E-state index contributed by atoms with van der Waals surface area (Å²) < 4.78 is 86.8. The highest BCUT2D eigenvalue weighted by Gasteiger charge is 2.76. The largest absolute Gasteiger partial charge is 0.395 e. The minimum Gasteiger partial charge on any atom is -0.251 e. The Bertz CT molecular complexity index is 254. The van der Waals surface area contributed by atoms with Crippen LogP contribution in [0, 0.1) is 17.3 Å². The molecule has 3 atom stereocenters. The van der Waals surface area contributed by atoms with E-state index in [2.05, 4.69) is 0 Å². The van der Waals surface area contributed by atoms with Crippen LogP contribution >= 0.6 is 0 Å². The van der Waals surface area contributed by atoms with Gasteiger partial charge >= 0.3 is 12.4 Å². The van der Waals surface area contributed by atoms with Crippen LogP contribution in [0.2, 0.25) is 0 Å². The zero-order valence-corrected chi connectivity index (χ0v) is 8.42. The summed E-state index contributed by atoms with van der Waals surface area (Å²) in [7, 11) is 0. The van der Waals surface area contributed by atoms with E-state index in [0.717, 1.165) is 0 Å². The predicted octanol–water partition coefficient (Wildman–Crippen LogP) is 4.11. The maximum atomic E-state index is 12.6. The van der Waals surface area contributed by atoms with Gasteiger partial charge in [0.25, 0.3) is 0 Å². The van der Waals surface area contributed by atoms with Gasteiger partial charge in [-0.25, -0.2) is 0 Å². The Labute approximate surface area is 87.8 Å². The number of alkyl halides is 7. The first-order valence-corrected chi connectivity index (χ1v) is 4.76. The molecule has 0 aromatic carbocycles. The maximum absolute atomic E-state index is 12.6. The van der Waals surface area contributed by atoms with Crippen molar-refractivity contribution in [3.05, 3.63) is 0 Å². The quantitative estimate of drug-likeness (QED) is 0.663. The van der Waals surface area contributed by atoms with Crippen LogP contribution in [0.3, 0.4) is 0 Å². The van der Waals surface area contributed by atoms with Gasteiger partial charge in [-0.05, 0) is 18.8 Å². The summed E-state index contributed by atoms with van der Waals surface area (Å²) in [5.74, 6) is -3.72. The molecule has 3 unspecified atom stereocenters. The molecule has 0 N–H and O–H groups in total. The van der Waals surface area contributed by atoms with Gasteiger partial charge in [0.05, 0.1) is 18.0 Å². The normalized spacial score (nSPS) is 32.6. The molecule has 0 radical (unpaired) electrons. The SMILES string of the molecule is CC(C(F)(F)F)C1(C(F)(F)F)CC1CCF. The molecule has 1 aliphatic carbocycles. The highest BCUT2D eigenvalue weighted by atomic mass is 19.4. The van der Waals surface area contributed by atoms with Crippen LogP contribution in [0.15, 0.2) is 0 Å². The van der Waals surface area contributed by atoms with Crippen molar-refractivity contribution in [3.63, 3.8) is 0 Å². The van der Waals surface area contributed by atoms with E-state index in [9.17, 15) is 30.7 Å². The van der Waals surface area contributed by atoms with Gasteiger partial charge in [-0.2, -0.15) is 26.3 Å². The van der Waals surface area contributed by atoms with Gasteiger partial charge in [-0.3, -0.25) is 4.39 Å². The summed E-state index contributed by atoms with van der Waals surface area (Å²) in [5, 5.41) is 0. The first-order chi connectivity index (χ1) is 7.07. The Morgan fingerprint density at radius 1 is 1.19 bits per heavy atom. The number of halogens is 7. The van der Waals surface area contributed by atoms with Crippen molar-refractivity contribution in [2.75, 3.05) is 6.67 Å². The van der Waals surface area contributed by atoms with Gasteiger partial charge in [0.15, 0.2) is 0 Å². The molecule has 1 fully saturated rings. The van der Waals surface area contributed by atoms with Crippen molar-refractivity contribution < 1.29 is 30.7 Å². The van der Waals surface area contributed by atoms with Gasteiger partial charge in [-0.1, -0.05) is 6.92 Å². The molecule has 0 amide bonds. The summed E-state index contributed by atoms with van der Waals surface area (Å²) in [4.78, 5) is 0. The van der Waals surface area contributed by atoms with Crippen molar-refractivity contribution in [2.24, 2.45) is 17.3 Å². The molecule has 1 aliphatic rings. The van der Waals surface area contributed by atoms with Crippen molar-refractivity contribution in [1.29, 1.82) is 0 Å². The van der Waals surface area contributed by atoms with Crippen molar-refractivity contribution in [3.8, 4) is 0 Å². The third kappa shape index (κ3) is 2.00. The van der Waals surface area contributed by atoms with Crippen LogP contribution in [-0.2, 0) is 0 Å². The molecule has 0 nitrogen and oxygen atoms in total. The molecule has 0 aromatic rings. The third-order valence-corrected chi connectivity index (χ3v) is 3.40. The lowest BCUT2D eigenvalue weighted by Gasteiger charge is -2.29. The minimum atomic E-state index is -4.93. The smallest absolute Gasteiger partial charge is 0.251 e. The van der Waals surface area contributed by atoms with Crippen LogP contribution < -0.4 is 0 Å². The second kappa shape index (κ2) is 3.77. The molecule has 1 rings (SSSR count). The molecule has 96 valence electrons. The number of hydrogen-bond acceptors (Lipinski definition) is 0. The molecule has 0 aliphatic heterocycles. The summed E-state index contributed by atoms with van der Waals surface area (Å²) in [6.07, 6.45) is -10.9. The van der Waals surface area contributed by atoms with Crippen LogP contribution in [0.4, 0.5) is 30.7 Å². The Balaban J connectivity index is 2.93. The van der Waals surface area contributed by atoms with E-state index in [4.69, 9.17) is 0 Å². The van der Waals surface area contributed by atoms with Gasteiger partial charge < -0.3 is 0 Å². The van der Waals surface area contributed by atoms with E-state index in [1.165, 1.54) is 0 Å². The Hall–Kier alpha value is -0.490. The van der Waals surface area contributed by atoms with E-state index in [-0.39, 0.29) is 0 Å². The van der Waals surface area contributed by atoms with E-state index >= 15 is 0 Å². The van der Waals surface area contributed by atoms with Crippen molar-refractivity contribution in [2.45, 2.75) is 32.1 Å². The van der Waals surface area contributed by atoms with Crippen molar-refractivity contribution >= 4 is 0 Å². The van der Waals surface area contributed by atoms with Crippen LogP contribution in [0.25, 0.3) is 0 Å². The lowest BCUT2D eigenvalue weighted by atomic mass is 9.86. The molecule has 0 aromatic heterocycles. The summed E-state index contributed by atoms with van der Waals surface area (Å²) in [6, 6.07) is 0. The Morgan fingerprint density at radius 2 is 1.69 bits per heavy atom. The zero-order valence-electron chi connectivity index (χ0n) is 8.42. The zero-order chi connectivity index (χ0) is 12.8. The molecule has 0 bridgehead atoms. The minimum absolute atomic E-state index is 0.458. The van der Waals surface area contributed by atoms with Crippen LogP contribution in [0.1, 0.15) is 19.8 Å². The van der Waals surface area contributed by atoms with E-state index in [1.807, 2.05) is 0 Å². The molecule has 1 saturated carbocycles. The fraction of sp³-hybridized carbons (Fsp3) is 1.00. The number of rotatable bonds is 3. The van der Waals surface area contributed by atoms with Crippen LogP contribution in [-0.4, -0.2) is 19.0 Å². The average Bonchev–Trinajstić information content (AvgIpc) is 2.77. The van der Waals surface area contributed by atoms with E-state index in [1.54, 1.807) is 0 Å². The molecule has 0 saturated heterocycles. The lowest BCUT2D eigenvalue weighted by molar-refractivity contribution is -0.266. The summed E-state index contributed by atoms with van der Waals surface area (Å²) >= 11 is 0. The van der Waals surface area contributed by atoms with Gasteiger partial charge in [0, 0.05) is 0 Å². The Morgan fingerprint density at radius 3 is 2.00 bits per heavy atom. The maximum Gasteiger partial charge on any atom is 0.395 e. The van der Waals surface area contributed by atoms with Crippen molar-refractivity contribution in [1.82, 2.24) is 0 Å². The van der Waals surface area contributed by atoms with Gasteiger partial charge in [-0.15, -0.1) is 0 Å². The second-order valence-corrected chi connectivity index (χ2v) is 4.18. The standard InChI is InChI=1S/C9H11F7/c1-5(8(11,12)13)7(9(14,15)16)4-6(7)2-3-10/h5-6H,2-4H2,1H3. The Kier molecular flexibility index (Phi) is 3.20. The van der Waals surface area contributed by atoms with Crippen LogP contribution in [0.5, 0.6) is 0 Å². The molecule has 0 heterocycles. The topological polar surface area (TPSA) is 0 Å². The average molecular weight is 252 g/mol. The van der Waals surface area contributed by atoms with E-state index in [0.29, 0.717) is 6.92 Å². The highest BCUT2D eigenvalue weighted by molar-refractivity contribution is 5.11. The molecular formula is C9H11F7. The summed E-state index contributed by atoms with van der Waals surface area (Å²) in [6.45, 7) is -0.501. The number of hydrogen-bond donors (Lipinski definition) is 0. The van der Waals surface area contributed by atoms with Gasteiger partial charge in [0.2, 0.25) is 0 Å². The lowest BCUT2D eigenvalue weighted by Crippen LogP contribution is -2.40. The highest BCUT2D eigenvalue weighted by Crippen LogP contribution is 2.70. The van der Waals surface area contributed by atoms with Gasteiger partial charge in [0.1, 0.15) is 0 Å². The third-order valence-electron chi connectivity index (χ3n) is 3.40. The molecular weight excluding hydrogens is 241 g/mol. The summed E-state index contributed by atoms with van der Waals surface area (Å²) in [5.41, 5.74) is -2.77. The fourth-order valence-corrected chi connectivity index (χ4v) is 2.26. The molecule has 0 spiro atoms. The second-order valence-electron chi connectivity index (χ2n) is 4.18. The first kappa shape index (κ1) is 13.6. The molecule has 7 heteroatoms. The first-order valence-electron chi connectivity index (χ1n) is 4.76. The fourth-order valence-electron chi connectivity index (χ4n) is 2.26. The monoisotopic (exact) mass is 252 g/mol. The molecule has 16 heavy (non-hydrogen) atoms. The van der Waals surface area contributed by atoms with E-state index < -0.39 is 49.1 Å². The predicted molar refractivity (Wildman–Crippen MR) is 42.4 cm³/mol.